The van der Waals surface area contributed by atoms with E-state index in [0.717, 1.165) is 17.3 Å². The topological polar surface area (TPSA) is 104 Å². The standard InChI is InChI=1S/C18H17F2N5O3S/c1-27-12-8-6-11(7-9-12)16-23-24-18(25(16)21)29-10-15(26)22-13-4-2-3-5-14(13)28-17(19)20/h2-9,17H,10,21H2,1H3,(H,22,26). The highest BCUT2D eigenvalue weighted by Crippen LogP contribution is 2.27. The van der Waals surface area contributed by atoms with Gasteiger partial charge in [0, 0.05) is 5.56 Å². The van der Waals surface area contributed by atoms with Crippen molar-refractivity contribution in [1.29, 1.82) is 0 Å². The number of para-hydroxylation sites is 2. The molecule has 0 aliphatic rings. The van der Waals surface area contributed by atoms with Crippen LogP contribution in [0.15, 0.2) is 53.7 Å². The molecule has 29 heavy (non-hydrogen) atoms. The molecule has 0 saturated heterocycles. The summed E-state index contributed by atoms with van der Waals surface area (Å²) in [6.45, 7) is -2.99. The molecule has 0 bridgehead atoms. The summed E-state index contributed by atoms with van der Waals surface area (Å²) in [5.41, 5.74) is 0.877. The number of nitrogens with one attached hydrogen (secondary N) is 1. The summed E-state index contributed by atoms with van der Waals surface area (Å²) < 4.78 is 35.7. The first kappa shape index (κ1) is 20.4. The van der Waals surface area contributed by atoms with E-state index in [-0.39, 0.29) is 17.2 Å². The Morgan fingerprint density at radius 2 is 1.93 bits per heavy atom. The second-order valence-corrected chi connectivity index (χ2v) is 6.56. The second-order valence-electron chi connectivity index (χ2n) is 5.62. The maximum Gasteiger partial charge on any atom is 0.387 e. The molecule has 2 aromatic carbocycles. The van der Waals surface area contributed by atoms with Gasteiger partial charge in [0.25, 0.3) is 0 Å². The minimum Gasteiger partial charge on any atom is -0.497 e. The molecular weight excluding hydrogens is 404 g/mol. The van der Waals surface area contributed by atoms with Crippen molar-refractivity contribution in [1.82, 2.24) is 14.9 Å². The zero-order chi connectivity index (χ0) is 20.8. The molecule has 11 heteroatoms. The van der Waals surface area contributed by atoms with Crippen molar-refractivity contribution in [3.8, 4) is 22.9 Å². The third-order valence-electron chi connectivity index (χ3n) is 3.72. The summed E-state index contributed by atoms with van der Waals surface area (Å²) >= 11 is 1.06. The van der Waals surface area contributed by atoms with Crippen molar-refractivity contribution < 1.29 is 23.0 Å². The lowest BCUT2D eigenvalue weighted by atomic mass is 10.2. The van der Waals surface area contributed by atoms with Crippen LogP contribution in [-0.2, 0) is 4.79 Å². The first-order valence-corrected chi connectivity index (χ1v) is 9.28. The van der Waals surface area contributed by atoms with Crippen molar-refractivity contribution in [2.75, 3.05) is 24.0 Å². The number of halogens is 2. The number of carbonyl (C=O) groups is 1. The lowest BCUT2D eigenvalue weighted by molar-refractivity contribution is -0.113. The van der Waals surface area contributed by atoms with Gasteiger partial charge in [-0.1, -0.05) is 23.9 Å². The minimum atomic E-state index is -2.99. The van der Waals surface area contributed by atoms with E-state index in [4.69, 9.17) is 10.6 Å². The largest absolute Gasteiger partial charge is 0.497 e. The third kappa shape index (κ3) is 5.13. The van der Waals surface area contributed by atoms with Crippen molar-refractivity contribution in [3.05, 3.63) is 48.5 Å². The number of ether oxygens (including phenoxy) is 2. The molecule has 0 aliphatic carbocycles. The SMILES string of the molecule is COc1ccc(-c2nnc(SCC(=O)Nc3ccccc3OC(F)F)n2N)cc1. The Morgan fingerprint density at radius 3 is 2.62 bits per heavy atom. The molecule has 1 heterocycles. The first-order valence-electron chi connectivity index (χ1n) is 8.29. The molecule has 0 aliphatic heterocycles. The lowest BCUT2D eigenvalue weighted by Crippen LogP contribution is -2.17. The molecule has 3 N–H and O–H groups in total. The summed E-state index contributed by atoms with van der Waals surface area (Å²) in [6, 6.07) is 13.0. The van der Waals surface area contributed by atoms with Crippen LogP contribution >= 0.6 is 11.8 Å². The van der Waals surface area contributed by atoms with Crippen molar-refractivity contribution in [2.24, 2.45) is 0 Å². The van der Waals surface area contributed by atoms with Gasteiger partial charge in [0.1, 0.15) is 11.5 Å². The van der Waals surface area contributed by atoms with Gasteiger partial charge in [-0.05, 0) is 36.4 Å². The highest BCUT2D eigenvalue weighted by atomic mass is 32.2. The Balaban J connectivity index is 1.63. The predicted molar refractivity (Wildman–Crippen MR) is 105 cm³/mol. The molecule has 0 unspecified atom stereocenters. The van der Waals surface area contributed by atoms with Gasteiger partial charge in [-0.15, -0.1) is 10.2 Å². The summed E-state index contributed by atoms with van der Waals surface area (Å²) in [5.74, 6) is 6.53. The first-order chi connectivity index (χ1) is 14.0. The second kappa shape index (κ2) is 9.24. The van der Waals surface area contributed by atoms with Crippen LogP contribution in [0.1, 0.15) is 0 Å². The molecule has 0 atom stereocenters. The van der Waals surface area contributed by atoms with E-state index < -0.39 is 12.5 Å². The third-order valence-corrected chi connectivity index (χ3v) is 4.67. The number of nitrogens with two attached hydrogens (primary N) is 1. The average Bonchev–Trinajstić information content (AvgIpc) is 3.08. The summed E-state index contributed by atoms with van der Waals surface area (Å²) in [6.07, 6.45) is 0. The molecule has 0 saturated carbocycles. The van der Waals surface area contributed by atoms with E-state index in [0.29, 0.717) is 16.7 Å². The molecule has 0 spiro atoms. The number of rotatable bonds is 8. The van der Waals surface area contributed by atoms with Crippen LogP contribution < -0.4 is 20.6 Å². The van der Waals surface area contributed by atoms with Gasteiger partial charge in [0.2, 0.25) is 11.1 Å². The van der Waals surface area contributed by atoms with Crippen LogP contribution in [-0.4, -0.2) is 40.3 Å². The molecule has 0 radical (unpaired) electrons. The van der Waals surface area contributed by atoms with Gasteiger partial charge in [-0.2, -0.15) is 8.78 Å². The Labute approximate surface area is 169 Å². The highest BCUT2D eigenvalue weighted by molar-refractivity contribution is 7.99. The zero-order valence-corrected chi connectivity index (χ0v) is 16.0. The van der Waals surface area contributed by atoms with Gasteiger partial charge in [-0.25, -0.2) is 4.68 Å². The van der Waals surface area contributed by atoms with Gasteiger partial charge in [0.15, 0.2) is 5.82 Å². The summed E-state index contributed by atoms with van der Waals surface area (Å²) in [7, 11) is 1.57. The van der Waals surface area contributed by atoms with Gasteiger partial charge >= 0.3 is 6.61 Å². The fraction of sp³-hybridized carbons (Fsp3) is 0.167. The van der Waals surface area contributed by atoms with Gasteiger partial charge < -0.3 is 20.6 Å². The van der Waals surface area contributed by atoms with Crippen LogP contribution in [0.25, 0.3) is 11.4 Å². The van der Waals surface area contributed by atoms with E-state index in [9.17, 15) is 13.6 Å². The van der Waals surface area contributed by atoms with Gasteiger partial charge in [-0.3, -0.25) is 4.79 Å². The lowest BCUT2D eigenvalue weighted by Gasteiger charge is -2.11. The van der Waals surface area contributed by atoms with Crippen molar-refractivity contribution >= 4 is 23.4 Å². The Kier molecular flexibility index (Phi) is 6.50. The summed E-state index contributed by atoms with van der Waals surface area (Å²) in [5, 5.41) is 10.9. The van der Waals surface area contributed by atoms with Gasteiger partial charge in [0.05, 0.1) is 18.6 Å². The number of nitrogens with zero attached hydrogens (tertiary/aromatic N) is 3. The van der Waals surface area contributed by atoms with E-state index in [2.05, 4.69) is 20.3 Å². The molecule has 1 amide bonds. The van der Waals surface area contributed by atoms with Crippen LogP contribution in [0, 0.1) is 0 Å². The van der Waals surface area contributed by atoms with E-state index >= 15 is 0 Å². The number of amides is 1. The average molecular weight is 421 g/mol. The van der Waals surface area contributed by atoms with E-state index in [1.807, 2.05) is 0 Å². The van der Waals surface area contributed by atoms with Crippen LogP contribution in [0.2, 0.25) is 0 Å². The molecular formula is C18H17F2N5O3S. The molecule has 0 fully saturated rings. The quantitative estimate of drug-likeness (QED) is 0.426. The highest BCUT2D eigenvalue weighted by Gasteiger charge is 2.15. The number of benzene rings is 2. The zero-order valence-electron chi connectivity index (χ0n) is 15.2. The Morgan fingerprint density at radius 1 is 1.21 bits per heavy atom. The number of hydrogen-bond acceptors (Lipinski definition) is 7. The monoisotopic (exact) mass is 421 g/mol. The van der Waals surface area contributed by atoms with Crippen molar-refractivity contribution in [2.45, 2.75) is 11.8 Å². The number of alkyl halides is 2. The number of carbonyl (C=O) groups excluding carboxylic acids is 1. The van der Waals surface area contributed by atoms with E-state index in [1.54, 1.807) is 37.4 Å². The van der Waals surface area contributed by atoms with Crippen LogP contribution in [0.4, 0.5) is 14.5 Å². The summed E-state index contributed by atoms with van der Waals surface area (Å²) in [4.78, 5) is 12.2. The number of aromatic nitrogens is 3. The number of methoxy groups -OCH3 is 1. The molecule has 8 nitrogen and oxygen atoms in total. The minimum absolute atomic E-state index is 0.0546. The van der Waals surface area contributed by atoms with Crippen molar-refractivity contribution in [3.63, 3.8) is 0 Å². The molecule has 3 rings (SSSR count). The fourth-order valence-corrected chi connectivity index (χ4v) is 3.05. The number of nitrogen functional groups attached to an aromatic ring is 1. The molecule has 3 aromatic rings. The molecule has 1 aromatic heterocycles. The van der Waals surface area contributed by atoms with E-state index in [1.165, 1.54) is 22.9 Å². The Bertz CT molecular complexity index is 982. The maximum absolute atomic E-state index is 12.5. The molecule has 152 valence electrons. The van der Waals surface area contributed by atoms with Crippen LogP contribution in [0.3, 0.4) is 0 Å². The number of hydrogen-bond donors (Lipinski definition) is 2. The smallest absolute Gasteiger partial charge is 0.387 e. The maximum atomic E-state index is 12.5. The number of thioether (sulfide) groups is 1. The number of anilines is 1. The fourth-order valence-electron chi connectivity index (χ4n) is 2.40. The van der Waals surface area contributed by atoms with Crippen LogP contribution in [0.5, 0.6) is 11.5 Å². The predicted octanol–water partition coefficient (Wildman–Crippen LogP) is 3.00. The normalized spacial score (nSPS) is 10.8. The Hall–Kier alpha value is -3.34.